The number of nitrogens with two attached hydrogens (primary N) is 1. The normalized spacial score (nSPS) is 10.1. The number of aromatic carboxylic acids is 1. The van der Waals surface area contributed by atoms with Crippen LogP contribution in [0.4, 0.5) is 9.80 Å². The third kappa shape index (κ3) is 3.32. The summed E-state index contributed by atoms with van der Waals surface area (Å²) in [5, 5.41) is 11.7. The molecule has 0 aliphatic carbocycles. The van der Waals surface area contributed by atoms with Crippen molar-refractivity contribution in [1.82, 2.24) is 0 Å². The van der Waals surface area contributed by atoms with E-state index in [-0.39, 0.29) is 10.6 Å². The highest BCUT2D eigenvalue weighted by Crippen LogP contribution is 2.29. The van der Waals surface area contributed by atoms with Crippen LogP contribution in [0.1, 0.15) is 20.8 Å². The summed E-state index contributed by atoms with van der Waals surface area (Å²) in [5.74, 6) is -1.08. The van der Waals surface area contributed by atoms with Gasteiger partial charge in [-0.3, -0.25) is 5.32 Å². The first-order valence-corrected chi connectivity index (χ1v) is 6.34. The van der Waals surface area contributed by atoms with Crippen molar-refractivity contribution in [1.29, 1.82) is 0 Å². The lowest BCUT2D eigenvalue weighted by Crippen LogP contribution is -2.19. The van der Waals surface area contributed by atoms with E-state index in [0.29, 0.717) is 6.42 Å². The van der Waals surface area contributed by atoms with Crippen LogP contribution in [0.15, 0.2) is 36.4 Å². The van der Waals surface area contributed by atoms with Crippen molar-refractivity contribution in [2.75, 3.05) is 5.32 Å². The number of urea groups is 1. The summed E-state index contributed by atoms with van der Waals surface area (Å²) in [6.45, 7) is 0. The van der Waals surface area contributed by atoms with Crippen LogP contribution < -0.4 is 11.1 Å². The fraction of sp³-hybridized carbons (Fsp3) is 0.0769. The summed E-state index contributed by atoms with van der Waals surface area (Å²) in [5.41, 5.74) is 6.16. The average molecular weight is 276 g/mol. The van der Waals surface area contributed by atoms with Crippen LogP contribution >= 0.6 is 11.3 Å². The van der Waals surface area contributed by atoms with Gasteiger partial charge in [-0.1, -0.05) is 30.3 Å². The molecule has 2 rings (SSSR count). The maximum atomic E-state index is 11.1. The molecule has 0 atom stereocenters. The monoisotopic (exact) mass is 276 g/mol. The Kier molecular flexibility index (Phi) is 3.82. The highest BCUT2D eigenvalue weighted by atomic mass is 32.1. The Morgan fingerprint density at radius 2 is 1.95 bits per heavy atom. The second-order valence-electron chi connectivity index (χ2n) is 3.91. The fourth-order valence-corrected chi connectivity index (χ4v) is 2.78. The Morgan fingerprint density at radius 1 is 1.26 bits per heavy atom. The number of benzene rings is 1. The topological polar surface area (TPSA) is 92.4 Å². The molecule has 98 valence electrons. The van der Waals surface area contributed by atoms with E-state index in [4.69, 9.17) is 10.8 Å². The Morgan fingerprint density at radius 3 is 2.53 bits per heavy atom. The van der Waals surface area contributed by atoms with E-state index in [9.17, 15) is 9.59 Å². The molecule has 0 bridgehead atoms. The van der Waals surface area contributed by atoms with E-state index in [1.165, 1.54) is 11.3 Å². The van der Waals surface area contributed by atoms with Gasteiger partial charge in [0.2, 0.25) is 0 Å². The van der Waals surface area contributed by atoms with Gasteiger partial charge in [-0.05, 0) is 11.6 Å². The molecule has 1 aromatic heterocycles. The molecule has 0 radical (unpaired) electrons. The molecule has 0 aliphatic heterocycles. The molecule has 0 fully saturated rings. The number of hydrogen-bond donors (Lipinski definition) is 3. The number of primary amides is 1. The molecule has 1 aromatic carbocycles. The Hall–Kier alpha value is -2.34. The van der Waals surface area contributed by atoms with Crippen molar-refractivity contribution in [2.45, 2.75) is 6.42 Å². The molecule has 0 saturated carbocycles. The highest BCUT2D eigenvalue weighted by molar-refractivity contribution is 7.16. The highest BCUT2D eigenvalue weighted by Gasteiger charge is 2.16. The van der Waals surface area contributed by atoms with Crippen molar-refractivity contribution in [3.63, 3.8) is 0 Å². The van der Waals surface area contributed by atoms with Crippen molar-refractivity contribution in [3.8, 4) is 0 Å². The SMILES string of the molecule is NC(=O)Nc1sc(Cc2ccccc2)cc1C(=O)O. The van der Waals surface area contributed by atoms with Gasteiger partial charge in [0, 0.05) is 11.3 Å². The maximum absolute atomic E-state index is 11.1. The summed E-state index contributed by atoms with van der Waals surface area (Å²) < 4.78 is 0. The van der Waals surface area contributed by atoms with Crippen LogP contribution in [0.3, 0.4) is 0 Å². The van der Waals surface area contributed by atoms with Gasteiger partial charge in [-0.25, -0.2) is 9.59 Å². The lowest BCUT2D eigenvalue weighted by Gasteiger charge is -1.98. The summed E-state index contributed by atoms with van der Waals surface area (Å²) in [7, 11) is 0. The van der Waals surface area contributed by atoms with Gasteiger partial charge in [-0.2, -0.15) is 0 Å². The molecule has 6 heteroatoms. The van der Waals surface area contributed by atoms with Gasteiger partial charge in [0.25, 0.3) is 0 Å². The first-order valence-electron chi connectivity index (χ1n) is 5.52. The molecule has 0 unspecified atom stereocenters. The summed E-state index contributed by atoms with van der Waals surface area (Å²) in [4.78, 5) is 22.8. The first kappa shape index (κ1) is 13.1. The zero-order chi connectivity index (χ0) is 13.8. The third-order valence-corrected chi connectivity index (χ3v) is 3.52. The van der Waals surface area contributed by atoms with Crippen LogP contribution in [-0.4, -0.2) is 17.1 Å². The number of anilines is 1. The lowest BCUT2D eigenvalue weighted by atomic mass is 10.1. The molecule has 2 aromatic rings. The molecule has 1 heterocycles. The van der Waals surface area contributed by atoms with E-state index >= 15 is 0 Å². The number of carbonyl (C=O) groups excluding carboxylic acids is 1. The summed E-state index contributed by atoms with van der Waals surface area (Å²) >= 11 is 1.22. The Labute approximate surface area is 113 Å². The van der Waals surface area contributed by atoms with E-state index in [0.717, 1.165) is 10.4 Å². The molecule has 19 heavy (non-hydrogen) atoms. The average Bonchev–Trinajstić information content (AvgIpc) is 2.72. The van der Waals surface area contributed by atoms with E-state index < -0.39 is 12.0 Å². The molecular weight excluding hydrogens is 264 g/mol. The lowest BCUT2D eigenvalue weighted by molar-refractivity contribution is 0.0698. The minimum atomic E-state index is -1.08. The standard InChI is InChI=1S/C13H12N2O3S/c14-13(18)15-11-10(12(16)17)7-9(19-11)6-8-4-2-1-3-5-8/h1-5,7H,6H2,(H,16,17)(H3,14,15,18). The van der Waals surface area contributed by atoms with Crippen molar-refractivity contribution >= 4 is 28.3 Å². The molecule has 4 N–H and O–H groups in total. The van der Waals surface area contributed by atoms with E-state index in [2.05, 4.69) is 5.32 Å². The minimum Gasteiger partial charge on any atom is -0.478 e. The molecule has 2 amide bonds. The van der Waals surface area contributed by atoms with Gasteiger partial charge < -0.3 is 10.8 Å². The largest absolute Gasteiger partial charge is 0.478 e. The van der Waals surface area contributed by atoms with Crippen LogP contribution in [-0.2, 0) is 6.42 Å². The molecule has 0 saturated heterocycles. The van der Waals surface area contributed by atoms with Crippen LogP contribution in [0.2, 0.25) is 0 Å². The van der Waals surface area contributed by atoms with Crippen LogP contribution in [0, 0.1) is 0 Å². The zero-order valence-electron chi connectivity index (χ0n) is 9.92. The number of hydrogen-bond acceptors (Lipinski definition) is 3. The van der Waals surface area contributed by atoms with Gasteiger partial charge in [0.15, 0.2) is 0 Å². The maximum Gasteiger partial charge on any atom is 0.338 e. The smallest absolute Gasteiger partial charge is 0.338 e. The summed E-state index contributed by atoms with van der Waals surface area (Å²) in [6.07, 6.45) is 0.617. The number of carboxylic acids is 1. The Balaban J connectivity index is 2.27. The molecule has 0 spiro atoms. The number of thiophene rings is 1. The number of amides is 2. The van der Waals surface area contributed by atoms with Gasteiger partial charge >= 0.3 is 12.0 Å². The number of carbonyl (C=O) groups is 2. The third-order valence-electron chi connectivity index (χ3n) is 2.47. The van der Waals surface area contributed by atoms with E-state index in [1.807, 2.05) is 30.3 Å². The van der Waals surface area contributed by atoms with Gasteiger partial charge in [0.1, 0.15) is 5.00 Å². The number of carboxylic acid groups (broad SMARTS) is 1. The first-order chi connectivity index (χ1) is 9.06. The van der Waals surface area contributed by atoms with Crippen LogP contribution in [0.25, 0.3) is 0 Å². The number of rotatable bonds is 4. The van der Waals surface area contributed by atoms with Crippen molar-refractivity contribution in [3.05, 3.63) is 52.4 Å². The quantitative estimate of drug-likeness (QED) is 0.801. The number of nitrogens with one attached hydrogen (secondary N) is 1. The van der Waals surface area contributed by atoms with E-state index in [1.54, 1.807) is 6.07 Å². The fourth-order valence-electron chi connectivity index (χ4n) is 1.69. The van der Waals surface area contributed by atoms with Crippen LogP contribution in [0.5, 0.6) is 0 Å². The van der Waals surface area contributed by atoms with Crippen molar-refractivity contribution < 1.29 is 14.7 Å². The molecule has 5 nitrogen and oxygen atoms in total. The van der Waals surface area contributed by atoms with Gasteiger partial charge in [-0.15, -0.1) is 11.3 Å². The molecular formula is C13H12N2O3S. The Bertz CT molecular complexity index is 608. The van der Waals surface area contributed by atoms with Crippen molar-refractivity contribution in [2.24, 2.45) is 5.73 Å². The predicted molar refractivity (Wildman–Crippen MR) is 73.7 cm³/mol. The second-order valence-corrected chi connectivity index (χ2v) is 5.05. The molecule has 0 aliphatic rings. The summed E-state index contributed by atoms with van der Waals surface area (Å²) in [6, 6.07) is 10.5. The predicted octanol–water partition coefficient (Wildman–Crippen LogP) is 2.53. The minimum absolute atomic E-state index is 0.0646. The van der Waals surface area contributed by atoms with Gasteiger partial charge in [0.05, 0.1) is 5.56 Å². The second kappa shape index (κ2) is 5.53. The zero-order valence-corrected chi connectivity index (χ0v) is 10.7.